The molecule has 0 spiro atoms. The molecule has 0 radical (unpaired) electrons. The Hall–Kier alpha value is -1.34. The summed E-state index contributed by atoms with van der Waals surface area (Å²) in [5.74, 6) is 2.08. The Kier molecular flexibility index (Phi) is 5.09. The molecule has 168 valence electrons. The van der Waals surface area contributed by atoms with Crippen molar-refractivity contribution in [3.05, 3.63) is 58.7 Å². The average molecular weight is 419 g/mol. The zero-order valence-corrected chi connectivity index (χ0v) is 20.4. The van der Waals surface area contributed by atoms with Crippen LogP contribution in [0.3, 0.4) is 0 Å². The minimum absolute atomic E-state index is 0.0308. The molecule has 0 amide bonds. The molecular weight excluding hydrogens is 376 g/mol. The van der Waals surface area contributed by atoms with E-state index >= 15 is 0 Å². The van der Waals surface area contributed by atoms with Crippen molar-refractivity contribution in [3.63, 3.8) is 0 Å². The molecule has 1 saturated carbocycles. The van der Waals surface area contributed by atoms with E-state index in [1.165, 1.54) is 50.5 Å². The van der Waals surface area contributed by atoms with E-state index in [1.807, 2.05) is 0 Å². The van der Waals surface area contributed by atoms with Gasteiger partial charge in [0.1, 0.15) is 0 Å². The molecular formula is C30H42O. The Morgan fingerprint density at radius 2 is 1.71 bits per heavy atom. The summed E-state index contributed by atoms with van der Waals surface area (Å²) in [6.07, 6.45) is 12.1. The van der Waals surface area contributed by atoms with Gasteiger partial charge in [0.05, 0.1) is 6.10 Å². The van der Waals surface area contributed by atoms with Crippen molar-refractivity contribution < 1.29 is 5.11 Å². The SMILES string of the molecule is CC(Cc1ccccc1)[C@H]1CC=C2C3=C(CC[C@@]21C)[C@@]1(C)CC[C@H](O)C(C)(C)[C@@H]1CC3. The molecule has 1 N–H and O–H groups in total. The highest BCUT2D eigenvalue weighted by Crippen LogP contribution is 2.66. The molecule has 0 bridgehead atoms. The predicted molar refractivity (Wildman–Crippen MR) is 130 cm³/mol. The van der Waals surface area contributed by atoms with Crippen molar-refractivity contribution in [2.24, 2.45) is 34.0 Å². The maximum atomic E-state index is 10.8. The Labute approximate surface area is 190 Å². The largest absolute Gasteiger partial charge is 0.393 e. The summed E-state index contributed by atoms with van der Waals surface area (Å²) in [5, 5.41) is 10.8. The van der Waals surface area contributed by atoms with Crippen LogP contribution in [0.15, 0.2) is 53.1 Å². The van der Waals surface area contributed by atoms with Crippen LogP contribution in [0.4, 0.5) is 0 Å². The second-order valence-electron chi connectivity index (χ2n) is 12.4. The van der Waals surface area contributed by atoms with E-state index < -0.39 is 0 Å². The van der Waals surface area contributed by atoms with Crippen LogP contribution in [0, 0.1) is 34.0 Å². The molecule has 0 heterocycles. The van der Waals surface area contributed by atoms with Crippen LogP contribution in [-0.2, 0) is 6.42 Å². The third-order valence-electron chi connectivity index (χ3n) is 10.5. The highest BCUT2D eigenvalue weighted by Gasteiger charge is 2.57. The second kappa shape index (κ2) is 7.34. The molecule has 5 rings (SSSR count). The van der Waals surface area contributed by atoms with Crippen LogP contribution in [0.2, 0.25) is 0 Å². The van der Waals surface area contributed by atoms with Gasteiger partial charge < -0.3 is 5.11 Å². The van der Waals surface area contributed by atoms with Gasteiger partial charge in [-0.05, 0) is 102 Å². The molecule has 1 heteroatoms. The van der Waals surface area contributed by atoms with Crippen LogP contribution >= 0.6 is 0 Å². The summed E-state index contributed by atoms with van der Waals surface area (Å²) in [5.41, 5.74) is 7.40. The van der Waals surface area contributed by atoms with E-state index in [4.69, 9.17) is 0 Å². The van der Waals surface area contributed by atoms with E-state index in [2.05, 4.69) is 71.0 Å². The molecule has 1 nitrogen and oxygen atoms in total. The smallest absolute Gasteiger partial charge is 0.0594 e. The average Bonchev–Trinajstić information content (AvgIpc) is 3.09. The third kappa shape index (κ3) is 3.13. The first-order valence-corrected chi connectivity index (χ1v) is 12.8. The molecule has 1 aromatic carbocycles. The van der Waals surface area contributed by atoms with Gasteiger partial charge in [-0.2, -0.15) is 0 Å². The van der Waals surface area contributed by atoms with Gasteiger partial charge in [-0.3, -0.25) is 0 Å². The fraction of sp³-hybridized carbons (Fsp3) is 0.667. The fourth-order valence-corrected chi connectivity index (χ4v) is 8.70. The van der Waals surface area contributed by atoms with Crippen molar-refractivity contribution in [1.82, 2.24) is 0 Å². The van der Waals surface area contributed by atoms with Gasteiger partial charge in [0, 0.05) is 0 Å². The minimum Gasteiger partial charge on any atom is -0.393 e. The molecule has 6 atom stereocenters. The zero-order chi connectivity index (χ0) is 22.0. The number of allylic oxidation sites excluding steroid dienone is 4. The van der Waals surface area contributed by atoms with Gasteiger partial charge >= 0.3 is 0 Å². The highest BCUT2D eigenvalue weighted by atomic mass is 16.3. The molecule has 0 aromatic heterocycles. The lowest BCUT2D eigenvalue weighted by atomic mass is 9.46. The zero-order valence-electron chi connectivity index (χ0n) is 20.4. The Bertz CT molecular complexity index is 906. The Morgan fingerprint density at radius 3 is 2.45 bits per heavy atom. The molecule has 4 aliphatic carbocycles. The van der Waals surface area contributed by atoms with Gasteiger partial charge in [-0.1, -0.05) is 76.6 Å². The molecule has 0 aliphatic heterocycles. The summed E-state index contributed by atoms with van der Waals surface area (Å²) < 4.78 is 0. The number of fused-ring (bicyclic) bond motifs is 4. The highest BCUT2D eigenvalue weighted by molar-refractivity contribution is 5.50. The van der Waals surface area contributed by atoms with Crippen molar-refractivity contribution in [2.75, 3.05) is 0 Å². The van der Waals surface area contributed by atoms with E-state index in [0.717, 1.165) is 12.3 Å². The Balaban J connectivity index is 1.44. The van der Waals surface area contributed by atoms with Crippen LogP contribution in [0.25, 0.3) is 0 Å². The second-order valence-corrected chi connectivity index (χ2v) is 12.4. The summed E-state index contributed by atoms with van der Waals surface area (Å²) in [4.78, 5) is 0. The molecule has 31 heavy (non-hydrogen) atoms. The van der Waals surface area contributed by atoms with Crippen LogP contribution < -0.4 is 0 Å². The summed E-state index contributed by atoms with van der Waals surface area (Å²) in [6.45, 7) is 12.3. The first-order valence-electron chi connectivity index (χ1n) is 12.8. The number of benzene rings is 1. The molecule has 0 saturated heterocycles. The number of hydrogen-bond acceptors (Lipinski definition) is 1. The topological polar surface area (TPSA) is 20.2 Å². The van der Waals surface area contributed by atoms with Crippen LogP contribution in [0.5, 0.6) is 0 Å². The van der Waals surface area contributed by atoms with Crippen molar-refractivity contribution >= 4 is 0 Å². The van der Waals surface area contributed by atoms with Crippen molar-refractivity contribution in [2.45, 2.75) is 92.1 Å². The maximum Gasteiger partial charge on any atom is 0.0594 e. The Morgan fingerprint density at radius 1 is 0.968 bits per heavy atom. The van der Waals surface area contributed by atoms with E-state index in [1.54, 1.807) is 16.7 Å². The first-order chi connectivity index (χ1) is 14.7. The number of rotatable bonds is 3. The number of aliphatic hydroxyl groups excluding tert-OH is 1. The standard InChI is InChI=1S/C30H42O/c1-20(19-21-9-7-6-8-10-21)23-12-13-24-22-11-14-26-28(2,3)27(31)16-18-30(26,5)25(22)15-17-29(23,24)4/h6-10,13,20,23,26-27,31H,11-12,14-19H2,1-5H3/t20?,23-,26+,27+,29-,30-/m1/s1. The number of aliphatic hydroxyl groups is 1. The molecule has 1 fully saturated rings. The summed E-state index contributed by atoms with van der Waals surface area (Å²) in [7, 11) is 0. The van der Waals surface area contributed by atoms with Gasteiger partial charge in [0.25, 0.3) is 0 Å². The fourth-order valence-electron chi connectivity index (χ4n) is 8.70. The van der Waals surface area contributed by atoms with E-state index in [-0.39, 0.29) is 16.9 Å². The van der Waals surface area contributed by atoms with Crippen molar-refractivity contribution in [1.29, 1.82) is 0 Å². The minimum atomic E-state index is -0.143. The lowest BCUT2D eigenvalue weighted by molar-refractivity contribution is -0.0905. The summed E-state index contributed by atoms with van der Waals surface area (Å²) >= 11 is 0. The third-order valence-corrected chi connectivity index (χ3v) is 10.5. The lowest BCUT2D eigenvalue weighted by Gasteiger charge is -2.59. The summed E-state index contributed by atoms with van der Waals surface area (Å²) in [6, 6.07) is 11.1. The van der Waals surface area contributed by atoms with Gasteiger partial charge in [-0.15, -0.1) is 0 Å². The van der Waals surface area contributed by atoms with Gasteiger partial charge in [0.15, 0.2) is 0 Å². The molecule has 1 aromatic rings. The predicted octanol–water partition coefficient (Wildman–Crippen LogP) is 7.51. The van der Waals surface area contributed by atoms with Crippen LogP contribution in [-0.4, -0.2) is 11.2 Å². The van der Waals surface area contributed by atoms with E-state index in [0.29, 0.717) is 17.3 Å². The van der Waals surface area contributed by atoms with Gasteiger partial charge in [0.2, 0.25) is 0 Å². The normalized spacial score (nSPS) is 39.9. The van der Waals surface area contributed by atoms with Gasteiger partial charge in [-0.25, -0.2) is 0 Å². The first kappa shape index (κ1) is 21.5. The van der Waals surface area contributed by atoms with E-state index in [9.17, 15) is 5.11 Å². The monoisotopic (exact) mass is 418 g/mol. The molecule has 4 aliphatic rings. The van der Waals surface area contributed by atoms with Crippen molar-refractivity contribution in [3.8, 4) is 0 Å². The van der Waals surface area contributed by atoms with Crippen LogP contribution in [0.1, 0.15) is 85.1 Å². The number of hydrogen-bond donors (Lipinski definition) is 1. The quantitative estimate of drug-likeness (QED) is 0.538. The lowest BCUT2D eigenvalue weighted by Crippen LogP contribution is -2.53. The molecule has 1 unspecified atom stereocenters. The maximum absolute atomic E-state index is 10.8.